The van der Waals surface area contributed by atoms with Crippen molar-refractivity contribution in [2.75, 3.05) is 20.3 Å². The molecule has 0 saturated carbocycles. The van der Waals surface area contributed by atoms with Crippen LogP contribution >= 0.6 is 0 Å². The van der Waals surface area contributed by atoms with Crippen LogP contribution in [0.3, 0.4) is 0 Å². The summed E-state index contributed by atoms with van der Waals surface area (Å²) < 4.78 is 10.6. The van der Waals surface area contributed by atoms with E-state index in [1.54, 1.807) is 6.92 Å². The summed E-state index contributed by atoms with van der Waals surface area (Å²) in [4.78, 5) is 22.7. The van der Waals surface area contributed by atoms with Crippen LogP contribution in [-0.4, -0.2) is 37.2 Å². The number of ether oxygens (including phenoxy) is 2. The smallest absolute Gasteiger partial charge is 0.273 e. The van der Waals surface area contributed by atoms with Crippen molar-refractivity contribution in [2.24, 2.45) is 0 Å². The number of amides is 1. The average molecular weight is 294 g/mol. The minimum atomic E-state index is -0.508. The Bertz CT molecular complexity index is 553. The van der Waals surface area contributed by atoms with Crippen LogP contribution in [-0.2, 0) is 4.74 Å². The zero-order valence-electron chi connectivity index (χ0n) is 12.0. The second kappa shape index (κ2) is 6.53. The van der Waals surface area contributed by atoms with Gasteiger partial charge in [0, 0.05) is 24.8 Å². The maximum absolute atomic E-state index is 12.2. The van der Waals surface area contributed by atoms with Gasteiger partial charge in [-0.2, -0.15) is 0 Å². The molecule has 1 N–H and O–H groups in total. The highest BCUT2D eigenvalue weighted by Gasteiger charge is 2.22. The zero-order valence-corrected chi connectivity index (χ0v) is 12.0. The lowest BCUT2D eigenvalue weighted by Gasteiger charge is -2.13. The Kier molecular flexibility index (Phi) is 4.74. The van der Waals surface area contributed by atoms with Gasteiger partial charge in [0.2, 0.25) is 0 Å². The summed E-state index contributed by atoms with van der Waals surface area (Å²) in [5, 5.41) is 13.7. The highest BCUT2D eigenvalue weighted by atomic mass is 16.6. The Morgan fingerprint density at radius 3 is 2.90 bits per heavy atom. The van der Waals surface area contributed by atoms with Gasteiger partial charge in [0.15, 0.2) is 0 Å². The predicted molar refractivity (Wildman–Crippen MR) is 75.7 cm³/mol. The molecule has 1 aliphatic heterocycles. The first-order valence-electron chi connectivity index (χ1n) is 6.75. The van der Waals surface area contributed by atoms with E-state index in [1.165, 1.54) is 19.2 Å². The van der Waals surface area contributed by atoms with E-state index >= 15 is 0 Å². The van der Waals surface area contributed by atoms with Crippen molar-refractivity contribution in [3.63, 3.8) is 0 Å². The Morgan fingerprint density at radius 2 is 2.33 bits per heavy atom. The summed E-state index contributed by atoms with van der Waals surface area (Å²) in [5.41, 5.74) is 0.512. The highest BCUT2D eigenvalue weighted by Crippen LogP contribution is 2.28. The molecule has 0 radical (unpaired) electrons. The van der Waals surface area contributed by atoms with Gasteiger partial charge in [0.25, 0.3) is 11.6 Å². The van der Waals surface area contributed by atoms with Crippen molar-refractivity contribution in [3.05, 3.63) is 33.4 Å². The van der Waals surface area contributed by atoms with E-state index in [4.69, 9.17) is 9.47 Å². The van der Waals surface area contributed by atoms with Crippen LogP contribution in [0.15, 0.2) is 12.1 Å². The lowest BCUT2D eigenvalue weighted by atomic mass is 10.1. The molecule has 1 aliphatic rings. The average Bonchev–Trinajstić information content (AvgIpc) is 2.97. The fourth-order valence-corrected chi connectivity index (χ4v) is 2.32. The first-order valence-corrected chi connectivity index (χ1v) is 6.75. The molecular formula is C14H18N2O5. The third-order valence-corrected chi connectivity index (χ3v) is 3.47. The van der Waals surface area contributed by atoms with Crippen LogP contribution in [0.25, 0.3) is 0 Å². The Morgan fingerprint density at radius 1 is 1.57 bits per heavy atom. The Balaban J connectivity index is 2.17. The molecule has 1 amide bonds. The predicted octanol–water partition coefficient (Wildman–Crippen LogP) is 1.82. The first-order chi connectivity index (χ1) is 10.0. The van der Waals surface area contributed by atoms with Gasteiger partial charge in [-0.05, 0) is 25.8 Å². The van der Waals surface area contributed by atoms with Crippen LogP contribution in [0.4, 0.5) is 5.69 Å². The van der Waals surface area contributed by atoms with Crippen molar-refractivity contribution >= 4 is 11.6 Å². The normalized spacial score (nSPS) is 17.5. The number of rotatable bonds is 5. The highest BCUT2D eigenvalue weighted by molar-refractivity contribution is 5.97. The van der Waals surface area contributed by atoms with E-state index < -0.39 is 10.8 Å². The van der Waals surface area contributed by atoms with E-state index in [9.17, 15) is 14.9 Å². The number of carbonyl (C=O) groups excluding carboxylic acids is 1. The SMILES string of the molecule is COc1cc(C)c([N+](=O)[O-])cc1C(=O)NCC1CCCO1. The van der Waals surface area contributed by atoms with Gasteiger partial charge in [0.1, 0.15) is 5.75 Å². The minimum Gasteiger partial charge on any atom is -0.496 e. The lowest BCUT2D eigenvalue weighted by Crippen LogP contribution is -2.32. The molecule has 0 bridgehead atoms. The van der Waals surface area contributed by atoms with E-state index in [1.807, 2.05) is 0 Å². The third-order valence-electron chi connectivity index (χ3n) is 3.47. The molecule has 1 atom stereocenters. The van der Waals surface area contributed by atoms with Crippen LogP contribution in [0.1, 0.15) is 28.8 Å². The van der Waals surface area contributed by atoms with Gasteiger partial charge in [-0.15, -0.1) is 0 Å². The van der Waals surface area contributed by atoms with E-state index in [0.29, 0.717) is 24.5 Å². The second-order valence-corrected chi connectivity index (χ2v) is 4.94. The van der Waals surface area contributed by atoms with Crippen LogP contribution in [0.5, 0.6) is 5.75 Å². The monoisotopic (exact) mass is 294 g/mol. The molecule has 0 aliphatic carbocycles. The van der Waals surface area contributed by atoms with Crippen molar-refractivity contribution < 1.29 is 19.2 Å². The van der Waals surface area contributed by atoms with Crippen LogP contribution in [0.2, 0.25) is 0 Å². The van der Waals surface area contributed by atoms with Gasteiger partial charge in [-0.25, -0.2) is 0 Å². The molecule has 0 aromatic heterocycles. The molecule has 21 heavy (non-hydrogen) atoms. The van der Waals surface area contributed by atoms with Gasteiger partial charge >= 0.3 is 0 Å². The van der Waals surface area contributed by atoms with Gasteiger partial charge in [-0.1, -0.05) is 0 Å². The molecule has 7 nitrogen and oxygen atoms in total. The molecule has 2 rings (SSSR count). The first kappa shape index (κ1) is 15.2. The van der Waals surface area contributed by atoms with E-state index in [-0.39, 0.29) is 17.4 Å². The van der Waals surface area contributed by atoms with Gasteiger partial charge < -0.3 is 14.8 Å². The number of nitro benzene ring substituents is 1. The number of nitrogens with zero attached hydrogens (tertiary/aromatic N) is 1. The molecule has 1 aromatic rings. The fraction of sp³-hybridized carbons (Fsp3) is 0.500. The number of carbonyl (C=O) groups is 1. The summed E-state index contributed by atoms with van der Waals surface area (Å²) in [7, 11) is 1.43. The lowest BCUT2D eigenvalue weighted by molar-refractivity contribution is -0.385. The van der Waals surface area contributed by atoms with Crippen molar-refractivity contribution in [2.45, 2.75) is 25.9 Å². The van der Waals surface area contributed by atoms with E-state index in [0.717, 1.165) is 12.8 Å². The second-order valence-electron chi connectivity index (χ2n) is 4.94. The summed E-state index contributed by atoms with van der Waals surface area (Å²) in [6, 6.07) is 2.75. The summed E-state index contributed by atoms with van der Waals surface area (Å²) in [5.74, 6) is -0.0756. The largest absolute Gasteiger partial charge is 0.496 e. The Hall–Kier alpha value is -2.15. The summed E-state index contributed by atoms with van der Waals surface area (Å²) in [6.45, 7) is 2.71. The molecule has 1 fully saturated rings. The molecule has 1 saturated heterocycles. The quantitative estimate of drug-likeness (QED) is 0.660. The zero-order chi connectivity index (χ0) is 15.4. The molecule has 114 valence electrons. The van der Waals surface area contributed by atoms with Crippen molar-refractivity contribution in [1.82, 2.24) is 5.32 Å². The molecule has 1 heterocycles. The molecule has 1 unspecified atom stereocenters. The Labute approximate surface area is 122 Å². The number of aryl methyl sites for hydroxylation is 1. The number of methoxy groups -OCH3 is 1. The fourth-order valence-electron chi connectivity index (χ4n) is 2.32. The summed E-state index contributed by atoms with van der Waals surface area (Å²) in [6.07, 6.45) is 1.91. The molecule has 7 heteroatoms. The van der Waals surface area contributed by atoms with Crippen molar-refractivity contribution in [1.29, 1.82) is 0 Å². The third kappa shape index (κ3) is 3.49. The van der Waals surface area contributed by atoms with E-state index in [2.05, 4.69) is 5.32 Å². The maximum Gasteiger partial charge on any atom is 0.273 e. The number of nitrogens with one attached hydrogen (secondary N) is 1. The minimum absolute atomic E-state index is 0.0142. The van der Waals surface area contributed by atoms with Crippen LogP contribution in [0, 0.1) is 17.0 Å². The molecule has 1 aromatic carbocycles. The standard InChI is InChI=1S/C14H18N2O5/c1-9-6-13(20-2)11(7-12(9)16(18)19)14(17)15-8-10-4-3-5-21-10/h6-7,10H,3-5,8H2,1-2H3,(H,15,17). The van der Waals surface area contributed by atoms with Crippen LogP contribution < -0.4 is 10.1 Å². The van der Waals surface area contributed by atoms with Crippen molar-refractivity contribution in [3.8, 4) is 5.75 Å². The number of nitro groups is 1. The topological polar surface area (TPSA) is 90.7 Å². The molecule has 0 spiro atoms. The maximum atomic E-state index is 12.2. The number of hydrogen-bond acceptors (Lipinski definition) is 5. The summed E-state index contributed by atoms with van der Waals surface area (Å²) >= 11 is 0. The van der Waals surface area contributed by atoms with Gasteiger partial charge in [0.05, 0.1) is 23.7 Å². The van der Waals surface area contributed by atoms with Gasteiger partial charge in [-0.3, -0.25) is 14.9 Å². The molecular weight excluding hydrogens is 276 g/mol. The number of benzene rings is 1. The number of hydrogen-bond donors (Lipinski definition) is 1.